The average molecular weight is 141 g/mol. The van der Waals surface area contributed by atoms with Crippen LogP contribution in [0.1, 0.15) is 11.1 Å². The van der Waals surface area contributed by atoms with Gasteiger partial charge in [0.05, 0.1) is 0 Å². The highest BCUT2D eigenvalue weighted by Crippen LogP contribution is 2.03. The Labute approximate surface area is 67.6 Å². The van der Waals surface area contributed by atoms with E-state index < -0.39 is 0 Å². The van der Waals surface area contributed by atoms with Crippen LogP contribution in [-0.4, -0.2) is 0 Å². The molecule has 0 bridgehead atoms. The van der Waals surface area contributed by atoms with Crippen LogP contribution in [0.25, 0.3) is 0 Å². The van der Waals surface area contributed by atoms with E-state index in [1.807, 2.05) is 30.3 Å². The first-order chi connectivity index (χ1) is 5.36. The van der Waals surface area contributed by atoms with Gasteiger partial charge in [0.1, 0.15) is 0 Å². The van der Waals surface area contributed by atoms with E-state index in [2.05, 4.69) is 12.5 Å². The van der Waals surface area contributed by atoms with E-state index in [0.717, 1.165) is 12.0 Å². The summed E-state index contributed by atoms with van der Waals surface area (Å²) in [5.74, 6) is 2.32. The molecular formula is C11H9. The van der Waals surface area contributed by atoms with Crippen LogP contribution < -0.4 is 0 Å². The first-order valence-electron chi connectivity index (χ1n) is 3.49. The summed E-state index contributed by atoms with van der Waals surface area (Å²) in [4.78, 5) is 0. The molecule has 0 unspecified atom stereocenters. The van der Waals surface area contributed by atoms with Gasteiger partial charge in [0, 0.05) is 5.56 Å². The zero-order valence-electron chi connectivity index (χ0n) is 6.30. The third-order valence-electron chi connectivity index (χ3n) is 1.48. The van der Waals surface area contributed by atoms with Gasteiger partial charge in [0.15, 0.2) is 0 Å². The predicted molar refractivity (Wildman–Crippen MR) is 46.6 cm³/mol. The van der Waals surface area contributed by atoms with Crippen molar-refractivity contribution >= 4 is 0 Å². The summed E-state index contributed by atoms with van der Waals surface area (Å²) >= 11 is 0. The van der Waals surface area contributed by atoms with Crippen molar-refractivity contribution in [2.75, 3.05) is 0 Å². The van der Waals surface area contributed by atoms with Gasteiger partial charge in [-0.3, -0.25) is 0 Å². The quantitative estimate of drug-likeness (QED) is 0.438. The highest BCUT2D eigenvalue weighted by Gasteiger charge is 1.88. The van der Waals surface area contributed by atoms with Gasteiger partial charge in [-0.25, -0.2) is 0 Å². The minimum Gasteiger partial charge on any atom is -0.103 e. The SMILES string of the molecule is [C]#Cc1ccc(CC=C)cc1. The summed E-state index contributed by atoms with van der Waals surface area (Å²) < 4.78 is 0. The molecule has 0 aliphatic rings. The molecule has 0 N–H and O–H groups in total. The topological polar surface area (TPSA) is 0 Å². The highest BCUT2D eigenvalue weighted by molar-refractivity contribution is 5.33. The summed E-state index contributed by atoms with van der Waals surface area (Å²) in [5.41, 5.74) is 2.04. The molecule has 0 heteroatoms. The van der Waals surface area contributed by atoms with Crippen LogP contribution in [0.15, 0.2) is 36.9 Å². The van der Waals surface area contributed by atoms with Gasteiger partial charge in [0.25, 0.3) is 0 Å². The zero-order valence-corrected chi connectivity index (χ0v) is 6.30. The molecule has 0 amide bonds. The van der Waals surface area contributed by atoms with E-state index >= 15 is 0 Å². The van der Waals surface area contributed by atoms with Crippen molar-refractivity contribution in [3.8, 4) is 5.92 Å². The molecule has 0 heterocycles. The largest absolute Gasteiger partial charge is 0.103 e. The Morgan fingerprint density at radius 2 is 2.00 bits per heavy atom. The summed E-state index contributed by atoms with van der Waals surface area (Å²) in [6, 6.07) is 7.73. The molecule has 0 aliphatic heterocycles. The maximum atomic E-state index is 6.85. The molecule has 1 radical (unpaired) electrons. The third-order valence-corrected chi connectivity index (χ3v) is 1.48. The standard InChI is InChI=1S/C11H9/c1-3-5-11-8-6-10(4-2)7-9-11/h3,6-9H,1,5H2. The van der Waals surface area contributed by atoms with Crippen LogP contribution in [0.3, 0.4) is 0 Å². The van der Waals surface area contributed by atoms with Crippen molar-refractivity contribution in [2.45, 2.75) is 6.42 Å². The van der Waals surface area contributed by atoms with Crippen LogP contribution in [0.2, 0.25) is 0 Å². The van der Waals surface area contributed by atoms with Crippen molar-refractivity contribution in [1.29, 1.82) is 0 Å². The smallest absolute Gasteiger partial charge is 0.0255 e. The normalized spacial score (nSPS) is 8.64. The Bertz CT molecular complexity index is 272. The van der Waals surface area contributed by atoms with Gasteiger partial charge in [-0.1, -0.05) is 24.1 Å². The number of allylic oxidation sites excluding steroid dienone is 1. The molecule has 1 rings (SSSR count). The van der Waals surface area contributed by atoms with E-state index in [1.165, 1.54) is 5.56 Å². The second-order valence-electron chi connectivity index (χ2n) is 2.31. The molecule has 1 aromatic rings. The molecule has 0 spiro atoms. The van der Waals surface area contributed by atoms with Gasteiger partial charge in [0.2, 0.25) is 0 Å². The van der Waals surface area contributed by atoms with Gasteiger partial charge >= 0.3 is 0 Å². The molecule has 11 heavy (non-hydrogen) atoms. The summed E-state index contributed by atoms with van der Waals surface area (Å²) in [6.07, 6.45) is 9.60. The summed E-state index contributed by atoms with van der Waals surface area (Å²) in [7, 11) is 0. The van der Waals surface area contributed by atoms with Crippen molar-refractivity contribution < 1.29 is 0 Å². The second kappa shape index (κ2) is 3.63. The highest BCUT2D eigenvalue weighted by atomic mass is 13.9. The molecule has 0 aromatic heterocycles. The lowest BCUT2D eigenvalue weighted by molar-refractivity contribution is 1.27. The summed E-state index contributed by atoms with van der Waals surface area (Å²) in [5, 5.41) is 0. The Morgan fingerprint density at radius 3 is 2.45 bits per heavy atom. The van der Waals surface area contributed by atoms with Crippen molar-refractivity contribution in [2.24, 2.45) is 0 Å². The Morgan fingerprint density at radius 1 is 1.36 bits per heavy atom. The molecule has 0 atom stereocenters. The average Bonchev–Trinajstić information content (AvgIpc) is 2.07. The lowest BCUT2D eigenvalue weighted by Crippen LogP contribution is -1.80. The van der Waals surface area contributed by atoms with Crippen molar-refractivity contribution in [1.82, 2.24) is 0 Å². The minimum atomic E-state index is 0.817. The number of hydrogen-bond acceptors (Lipinski definition) is 0. The lowest BCUT2D eigenvalue weighted by Gasteiger charge is -1.94. The molecule has 0 aliphatic carbocycles. The van der Waals surface area contributed by atoms with Crippen LogP contribution in [0.5, 0.6) is 0 Å². The van der Waals surface area contributed by atoms with Gasteiger partial charge < -0.3 is 0 Å². The summed E-state index contributed by atoms with van der Waals surface area (Å²) in [6.45, 7) is 3.65. The fraction of sp³-hybridized carbons (Fsp3) is 0.0909. The lowest BCUT2D eigenvalue weighted by atomic mass is 10.1. The molecule has 1 aromatic carbocycles. The molecule has 0 fully saturated rings. The number of rotatable bonds is 2. The fourth-order valence-electron chi connectivity index (χ4n) is 0.891. The van der Waals surface area contributed by atoms with Crippen LogP contribution in [0.4, 0.5) is 0 Å². The van der Waals surface area contributed by atoms with Crippen LogP contribution >= 0.6 is 0 Å². The van der Waals surface area contributed by atoms with Gasteiger partial charge in [-0.15, -0.1) is 6.58 Å². The van der Waals surface area contributed by atoms with E-state index in [1.54, 1.807) is 0 Å². The van der Waals surface area contributed by atoms with E-state index in [-0.39, 0.29) is 0 Å². The third kappa shape index (κ3) is 1.98. The maximum Gasteiger partial charge on any atom is 0.0255 e. The van der Waals surface area contributed by atoms with E-state index in [9.17, 15) is 0 Å². The molecule has 0 saturated heterocycles. The molecule has 0 nitrogen and oxygen atoms in total. The Balaban J connectivity index is 2.84. The molecule has 0 saturated carbocycles. The number of benzene rings is 1. The Hall–Kier alpha value is -1.48. The fourth-order valence-corrected chi connectivity index (χ4v) is 0.891. The van der Waals surface area contributed by atoms with Gasteiger partial charge in [-0.05, 0) is 30.5 Å². The zero-order chi connectivity index (χ0) is 8.10. The molecular weight excluding hydrogens is 132 g/mol. The first kappa shape index (κ1) is 7.63. The predicted octanol–water partition coefficient (Wildman–Crippen LogP) is 2.35. The first-order valence-corrected chi connectivity index (χ1v) is 3.49. The second-order valence-corrected chi connectivity index (χ2v) is 2.31. The van der Waals surface area contributed by atoms with Gasteiger partial charge in [-0.2, -0.15) is 0 Å². The Kier molecular flexibility index (Phi) is 2.52. The molecule has 53 valence electrons. The van der Waals surface area contributed by atoms with E-state index in [0.29, 0.717) is 0 Å². The van der Waals surface area contributed by atoms with Crippen molar-refractivity contribution in [3.05, 3.63) is 54.5 Å². The minimum absolute atomic E-state index is 0.817. The van der Waals surface area contributed by atoms with Crippen LogP contribution in [-0.2, 0) is 6.42 Å². The monoisotopic (exact) mass is 141 g/mol. The number of hydrogen-bond donors (Lipinski definition) is 0. The van der Waals surface area contributed by atoms with Crippen LogP contribution in [0, 0.1) is 12.3 Å². The maximum absolute atomic E-state index is 6.85. The van der Waals surface area contributed by atoms with Crippen molar-refractivity contribution in [3.63, 3.8) is 0 Å². The van der Waals surface area contributed by atoms with E-state index in [4.69, 9.17) is 6.42 Å².